The molecule has 0 spiro atoms. The molecule has 0 saturated carbocycles. The van der Waals surface area contributed by atoms with Crippen molar-refractivity contribution in [1.29, 1.82) is 0 Å². The number of nitrogens with zero attached hydrogens (tertiary/aromatic N) is 3. The minimum absolute atomic E-state index is 0.0321. The largest absolute Gasteiger partial charge is 0.396 e. The quantitative estimate of drug-likeness (QED) is 0.775. The summed E-state index contributed by atoms with van der Waals surface area (Å²) < 4.78 is 1.96. The van der Waals surface area contributed by atoms with Gasteiger partial charge in [-0.1, -0.05) is 26.7 Å². The van der Waals surface area contributed by atoms with Gasteiger partial charge in [-0.05, 0) is 26.7 Å². The lowest BCUT2D eigenvalue weighted by molar-refractivity contribution is 0.103. The third kappa shape index (κ3) is 3.55. The molecule has 4 nitrogen and oxygen atoms in total. The molecule has 1 unspecified atom stereocenters. The molecule has 1 heterocycles. The molecule has 0 aliphatic rings. The fourth-order valence-electron chi connectivity index (χ4n) is 2.36. The second-order valence-electron chi connectivity index (χ2n) is 5.51. The normalized spacial score (nSPS) is 15.0. The molecule has 1 aromatic heterocycles. The number of aliphatic hydroxyl groups is 1. The molecule has 0 aromatic carbocycles. The van der Waals surface area contributed by atoms with Gasteiger partial charge in [0, 0.05) is 24.5 Å². The van der Waals surface area contributed by atoms with Crippen LogP contribution in [-0.2, 0) is 6.42 Å². The van der Waals surface area contributed by atoms with E-state index in [1.54, 1.807) is 6.33 Å². The van der Waals surface area contributed by atoms with Crippen LogP contribution in [0.2, 0.25) is 0 Å². The average molecular weight is 253 g/mol. The predicted molar refractivity (Wildman–Crippen MR) is 73.4 cm³/mol. The van der Waals surface area contributed by atoms with Crippen LogP contribution in [0.5, 0.6) is 0 Å². The van der Waals surface area contributed by atoms with Gasteiger partial charge in [0.15, 0.2) is 0 Å². The van der Waals surface area contributed by atoms with Crippen LogP contribution in [0.1, 0.15) is 65.2 Å². The van der Waals surface area contributed by atoms with E-state index in [4.69, 9.17) is 0 Å². The van der Waals surface area contributed by atoms with Crippen LogP contribution in [0.25, 0.3) is 0 Å². The van der Waals surface area contributed by atoms with E-state index in [0.29, 0.717) is 6.04 Å². The molecular weight excluding hydrogens is 226 g/mol. The van der Waals surface area contributed by atoms with E-state index in [0.717, 1.165) is 31.5 Å². The number of aliphatic hydroxyl groups excluding tert-OH is 1. The van der Waals surface area contributed by atoms with E-state index in [2.05, 4.69) is 37.8 Å². The second-order valence-corrected chi connectivity index (χ2v) is 5.51. The minimum atomic E-state index is -0.0321. The predicted octanol–water partition coefficient (Wildman–Crippen LogP) is 2.98. The maximum absolute atomic E-state index is 9.77. The van der Waals surface area contributed by atoms with Crippen molar-refractivity contribution < 1.29 is 5.11 Å². The van der Waals surface area contributed by atoms with Gasteiger partial charge in [-0.15, -0.1) is 0 Å². The van der Waals surface area contributed by atoms with Gasteiger partial charge in [0.1, 0.15) is 12.2 Å². The first-order valence-electron chi connectivity index (χ1n) is 7.07. The van der Waals surface area contributed by atoms with Crippen LogP contribution in [0, 0.1) is 5.41 Å². The molecule has 1 rings (SSSR count). The summed E-state index contributed by atoms with van der Waals surface area (Å²) in [5, 5.41) is 14.0. The number of rotatable bonds is 8. The van der Waals surface area contributed by atoms with Gasteiger partial charge in [-0.3, -0.25) is 0 Å². The standard InChI is InChI=1S/C14H27N3O/c1-5-7-8-14(6-2,10-18)9-13-15-11-16-17(13)12(3)4/h11-12,18H,5-10H2,1-4H3. The van der Waals surface area contributed by atoms with E-state index in [9.17, 15) is 5.11 Å². The van der Waals surface area contributed by atoms with Gasteiger partial charge >= 0.3 is 0 Å². The highest BCUT2D eigenvalue weighted by atomic mass is 16.3. The third-order valence-corrected chi connectivity index (χ3v) is 3.82. The fraction of sp³-hybridized carbons (Fsp3) is 0.857. The van der Waals surface area contributed by atoms with E-state index in [1.165, 1.54) is 6.42 Å². The molecule has 0 saturated heterocycles. The Morgan fingerprint density at radius 2 is 2.11 bits per heavy atom. The zero-order chi connectivity index (χ0) is 13.6. The summed E-state index contributed by atoms with van der Waals surface area (Å²) in [6, 6.07) is 0.321. The first kappa shape index (κ1) is 15.2. The van der Waals surface area contributed by atoms with Gasteiger partial charge in [0.05, 0.1) is 0 Å². The molecule has 1 N–H and O–H groups in total. The minimum Gasteiger partial charge on any atom is -0.396 e. The van der Waals surface area contributed by atoms with E-state index in [-0.39, 0.29) is 12.0 Å². The van der Waals surface area contributed by atoms with Crippen LogP contribution in [0.15, 0.2) is 6.33 Å². The number of aromatic nitrogens is 3. The Morgan fingerprint density at radius 3 is 2.61 bits per heavy atom. The maximum Gasteiger partial charge on any atom is 0.138 e. The van der Waals surface area contributed by atoms with Crippen molar-refractivity contribution in [3.05, 3.63) is 12.2 Å². The van der Waals surface area contributed by atoms with Crippen molar-refractivity contribution in [3.8, 4) is 0 Å². The van der Waals surface area contributed by atoms with Crippen molar-refractivity contribution in [2.75, 3.05) is 6.61 Å². The molecule has 0 aliphatic heterocycles. The first-order chi connectivity index (χ1) is 8.58. The zero-order valence-electron chi connectivity index (χ0n) is 12.2. The summed E-state index contributed by atoms with van der Waals surface area (Å²) >= 11 is 0. The summed E-state index contributed by atoms with van der Waals surface area (Å²) in [5.74, 6) is 0.997. The molecule has 0 bridgehead atoms. The molecule has 0 radical (unpaired) electrons. The Labute approximate surface area is 110 Å². The molecule has 104 valence electrons. The topological polar surface area (TPSA) is 50.9 Å². The van der Waals surface area contributed by atoms with Gasteiger partial charge < -0.3 is 5.11 Å². The smallest absolute Gasteiger partial charge is 0.138 e. The van der Waals surface area contributed by atoms with E-state index >= 15 is 0 Å². The Kier molecular flexibility index (Phi) is 5.79. The molecule has 0 aliphatic carbocycles. The molecule has 4 heteroatoms. The summed E-state index contributed by atoms with van der Waals surface area (Å²) in [6.07, 6.45) is 6.80. The zero-order valence-corrected chi connectivity index (χ0v) is 12.2. The maximum atomic E-state index is 9.77. The Hall–Kier alpha value is -0.900. The molecule has 1 atom stereocenters. The molecule has 18 heavy (non-hydrogen) atoms. The summed E-state index contributed by atoms with van der Waals surface area (Å²) in [6.45, 7) is 8.79. The lowest BCUT2D eigenvalue weighted by Crippen LogP contribution is -2.29. The average Bonchev–Trinajstić information content (AvgIpc) is 2.82. The highest BCUT2D eigenvalue weighted by molar-refractivity contribution is 4.94. The van der Waals surface area contributed by atoms with Gasteiger partial charge in [-0.25, -0.2) is 9.67 Å². The summed E-state index contributed by atoms with van der Waals surface area (Å²) in [7, 11) is 0. The summed E-state index contributed by atoms with van der Waals surface area (Å²) in [4.78, 5) is 4.37. The first-order valence-corrected chi connectivity index (χ1v) is 7.07. The Bertz CT molecular complexity index is 343. The second kappa shape index (κ2) is 6.88. The van der Waals surface area contributed by atoms with Crippen LogP contribution < -0.4 is 0 Å². The fourth-order valence-corrected chi connectivity index (χ4v) is 2.36. The molecule has 0 fully saturated rings. The van der Waals surface area contributed by atoms with E-state index < -0.39 is 0 Å². The van der Waals surface area contributed by atoms with Gasteiger partial charge in [0.2, 0.25) is 0 Å². The lowest BCUT2D eigenvalue weighted by Gasteiger charge is -2.30. The molecular formula is C14H27N3O. The van der Waals surface area contributed by atoms with Crippen molar-refractivity contribution in [1.82, 2.24) is 14.8 Å². The van der Waals surface area contributed by atoms with Crippen LogP contribution in [-0.4, -0.2) is 26.5 Å². The number of hydrogen-bond donors (Lipinski definition) is 1. The molecule has 0 amide bonds. The monoisotopic (exact) mass is 253 g/mol. The van der Waals surface area contributed by atoms with Crippen LogP contribution in [0.4, 0.5) is 0 Å². The van der Waals surface area contributed by atoms with Crippen molar-refractivity contribution in [2.45, 2.75) is 65.8 Å². The molecule has 1 aromatic rings. The lowest BCUT2D eigenvalue weighted by atomic mass is 9.78. The van der Waals surface area contributed by atoms with Crippen LogP contribution >= 0.6 is 0 Å². The third-order valence-electron chi connectivity index (χ3n) is 3.82. The van der Waals surface area contributed by atoms with E-state index in [1.807, 2.05) is 4.68 Å². The SMILES string of the molecule is CCCCC(CC)(CO)Cc1ncnn1C(C)C. The number of hydrogen-bond acceptors (Lipinski definition) is 3. The van der Waals surface area contributed by atoms with Crippen molar-refractivity contribution in [3.63, 3.8) is 0 Å². The Morgan fingerprint density at radius 1 is 1.39 bits per heavy atom. The van der Waals surface area contributed by atoms with Crippen molar-refractivity contribution >= 4 is 0 Å². The van der Waals surface area contributed by atoms with Gasteiger partial charge in [0.25, 0.3) is 0 Å². The summed E-state index contributed by atoms with van der Waals surface area (Å²) in [5.41, 5.74) is -0.0321. The van der Waals surface area contributed by atoms with Gasteiger partial charge in [-0.2, -0.15) is 5.10 Å². The number of unbranched alkanes of at least 4 members (excludes halogenated alkanes) is 1. The Balaban J connectivity index is 2.85. The highest BCUT2D eigenvalue weighted by Gasteiger charge is 2.29. The van der Waals surface area contributed by atoms with Crippen molar-refractivity contribution in [2.24, 2.45) is 5.41 Å². The highest BCUT2D eigenvalue weighted by Crippen LogP contribution is 2.32. The van der Waals surface area contributed by atoms with Crippen LogP contribution in [0.3, 0.4) is 0 Å².